The van der Waals surface area contributed by atoms with E-state index >= 15 is 0 Å². The van der Waals surface area contributed by atoms with Gasteiger partial charge < -0.3 is 23.6 Å². The number of phenolic OH excluding ortho intramolecular Hbond substituents is 1. The maximum atomic E-state index is 12.2. The van der Waals surface area contributed by atoms with E-state index in [1.165, 1.54) is 19.2 Å². The third-order valence-electron chi connectivity index (χ3n) is 3.89. The van der Waals surface area contributed by atoms with Crippen molar-refractivity contribution in [1.29, 1.82) is 0 Å². The quantitative estimate of drug-likeness (QED) is 0.127. The molecule has 0 bridgehead atoms. The minimum absolute atomic E-state index is 0. The van der Waals surface area contributed by atoms with Gasteiger partial charge in [-0.15, -0.1) is 0 Å². The highest BCUT2D eigenvalue weighted by Gasteiger charge is 2.21. The van der Waals surface area contributed by atoms with E-state index in [0.29, 0.717) is 24.5 Å². The maximum Gasteiger partial charge on any atom is 0.341 e. The Kier molecular flexibility index (Phi) is 25.3. The fraction of sp³-hybridized carbons (Fsp3) is 0.407. The van der Waals surface area contributed by atoms with Crippen LogP contribution in [0.25, 0.3) is 0 Å². The molecule has 0 amide bonds. The van der Waals surface area contributed by atoms with Crippen LogP contribution in [-0.4, -0.2) is 49.4 Å². The van der Waals surface area contributed by atoms with Gasteiger partial charge in [0.05, 0.1) is 32.0 Å². The lowest BCUT2D eigenvalue weighted by Crippen LogP contribution is -2.01. The van der Waals surface area contributed by atoms with Crippen molar-refractivity contribution in [1.82, 2.24) is 0 Å². The fourth-order valence-electron chi connectivity index (χ4n) is 2.46. The molecular weight excluding hydrogens is 519 g/mol. The number of esters is 1. The molecule has 37 heavy (non-hydrogen) atoms. The monoisotopic (exact) mass is 562 g/mol. The van der Waals surface area contributed by atoms with Gasteiger partial charge in [-0.2, -0.15) is 0 Å². The Hall–Kier alpha value is -2.64. The number of methoxy groups -OCH3 is 1. The van der Waals surface area contributed by atoms with Crippen molar-refractivity contribution >= 4 is 30.4 Å². The van der Waals surface area contributed by atoms with Crippen LogP contribution in [0.2, 0.25) is 0 Å². The van der Waals surface area contributed by atoms with Gasteiger partial charge in [-0.1, -0.05) is 66.1 Å². The van der Waals surface area contributed by atoms with Gasteiger partial charge in [-0.25, -0.2) is 4.79 Å². The molecule has 0 atom stereocenters. The molecule has 0 aliphatic heterocycles. The zero-order chi connectivity index (χ0) is 24.7. The summed E-state index contributed by atoms with van der Waals surface area (Å²) in [7, 11) is -1.80. The molecule has 0 fully saturated rings. The van der Waals surface area contributed by atoms with Gasteiger partial charge >= 0.3 is 13.6 Å². The molecule has 2 aromatic rings. The van der Waals surface area contributed by atoms with E-state index in [1.54, 1.807) is 62.4 Å². The van der Waals surface area contributed by atoms with Gasteiger partial charge in [0.2, 0.25) is 0 Å². The fourth-order valence-corrected chi connectivity index (χ4v) is 4.09. The highest BCUT2D eigenvalue weighted by atomic mass is 35.5. The zero-order valence-electron chi connectivity index (χ0n) is 18.7. The van der Waals surface area contributed by atoms with Crippen molar-refractivity contribution in [2.75, 3.05) is 33.1 Å². The number of phenols is 1. The number of carbonyl (C=O) groups is 2. The van der Waals surface area contributed by atoms with E-state index < -0.39 is 18.8 Å². The lowest BCUT2D eigenvalue weighted by atomic mass is 10.2. The van der Waals surface area contributed by atoms with Crippen molar-refractivity contribution in [3.8, 4) is 11.5 Å². The van der Waals surface area contributed by atoms with E-state index in [1.807, 2.05) is 0 Å². The topological polar surface area (TPSA) is 108 Å². The standard InChI is InChI=1S/C15H20ClO5P.C8H8O3.4CH4/c1-3-20-22(18,21-4-2)12-8-7-11-19-14-10-6-5-9-13(14)15(16)17;1-11-8(10)6-4-2-3-5-7(6)9;;;;/h5-10H,3-4,11-12H2,1-2H3;2-5,9H,1H3;4*1H4/b8-7+;;;;;. The first-order valence-electron chi connectivity index (χ1n) is 10.1. The Morgan fingerprint density at radius 2 is 1.41 bits per heavy atom. The van der Waals surface area contributed by atoms with Gasteiger partial charge in [0, 0.05) is 0 Å². The van der Waals surface area contributed by atoms with Gasteiger partial charge in [0.25, 0.3) is 5.24 Å². The van der Waals surface area contributed by atoms with Crippen molar-refractivity contribution in [2.24, 2.45) is 0 Å². The summed E-state index contributed by atoms with van der Waals surface area (Å²) in [6.45, 7) is 4.40. The molecular formula is C27H44ClO8P. The third-order valence-corrected chi connectivity index (χ3v) is 6.06. The second-order valence-corrected chi connectivity index (χ2v) is 8.64. The maximum absolute atomic E-state index is 12.2. The Balaban J connectivity index is -0.000000312. The van der Waals surface area contributed by atoms with Crippen LogP contribution in [0, 0.1) is 0 Å². The molecule has 0 saturated heterocycles. The van der Waals surface area contributed by atoms with Crippen LogP contribution in [0.3, 0.4) is 0 Å². The SMILES string of the molecule is C.C.C.C.CCOP(=O)(C/C=C/COc1ccccc1C(=O)Cl)OCC.COC(=O)c1ccccc1O. The molecule has 0 unspecified atom stereocenters. The van der Waals surface area contributed by atoms with Crippen molar-refractivity contribution in [2.45, 2.75) is 43.6 Å². The summed E-state index contributed by atoms with van der Waals surface area (Å²) in [6.07, 6.45) is 3.55. The largest absolute Gasteiger partial charge is 0.507 e. The Morgan fingerprint density at radius 3 is 1.89 bits per heavy atom. The van der Waals surface area contributed by atoms with Crippen molar-refractivity contribution < 1.29 is 37.8 Å². The van der Waals surface area contributed by atoms with E-state index in [4.69, 9.17) is 30.5 Å². The Bertz CT molecular complexity index is 968. The van der Waals surface area contributed by atoms with Crippen LogP contribution in [-0.2, 0) is 18.3 Å². The Morgan fingerprint density at radius 1 is 0.892 bits per heavy atom. The molecule has 2 aromatic carbocycles. The minimum atomic E-state index is -3.07. The number of halogens is 1. The molecule has 8 nitrogen and oxygen atoms in total. The number of carbonyl (C=O) groups excluding carboxylic acids is 2. The summed E-state index contributed by atoms with van der Waals surface area (Å²) in [5.74, 6) is -0.174. The van der Waals surface area contributed by atoms with Gasteiger partial charge in [-0.05, 0) is 49.7 Å². The van der Waals surface area contributed by atoms with Gasteiger partial charge in [-0.3, -0.25) is 9.36 Å². The Labute approximate surface area is 228 Å². The minimum Gasteiger partial charge on any atom is -0.507 e. The summed E-state index contributed by atoms with van der Waals surface area (Å²) < 4.78 is 32.4. The van der Waals surface area contributed by atoms with E-state index in [-0.39, 0.29) is 53.8 Å². The first-order valence-corrected chi connectivity index (χ1v) is 12.2. The first kappa shape index (κ1) is 41.5. The lowest BCUT2D eigenvalue weighted by molar-refractivity contribution is 0.0597. The molecule has 0 saturated carbocycles. The molecule has 212 valence electrons. The van der Waals surface area contributed by atoms with Crippen LogP contribution in [0.1, 0.15) is 64.3 Å². The number of benzene rings is 2. The number of rotatable bonds is 11. The van der Waals surface area contributed by atoms with E-state index in [0.717, 1.165) is 0 Å². The summed E-state index contributed by atoms with van der Waals surface area (Å²) in [5, 5.41) is 8.54. The average molecular weight is 563 g/mol. The molecule has 0 aromatic heterocycles. The highest BCUT2D eigenvalue weighted by Crippen LogP contribution is 2.47. The van der Waals surface area contributed by atoms with Crippen LogP contribution in [0.5, 0.6) is 11.5 Å². The summed E-state index contributed by atoms with van der Waals surface area (Å²) in [6, 6.07) is 12.9. The molecule has 10 heteroatoms. The molecule has 0 radical (unpaired) electrons. The van der Waals surface area contributed by atoms with Crippen molar-refractivity contribution in [3.63, 3.8) is 0 Å². The predicted octanol–water partition coefficient (Wildman–Crippen LogP) is 7.99. The molecule has 2 rings (SSSR count). The smallest absolute Gasteiger partial charge is 0.341 e. The van der Waals surface area contributed by atoms with Gasteiger partial charge in [0.15, 0.2) is 0 Å². The van der Waals surface area contributed by atoms with Crippen molar-refractivity contribution in [3.05, 3.63) is 71.8 Å². The molecule has 1 N–H and O–H groups in total. The van der Waals surface area contributed by atoms with E-state index in [9.17, 15) is 14.2 Å². The normalized spacial score (nSPS) is 9.73. The second kappa shape index (κ2) is 22.5. The number of ether oxygens (including phenoxy) is 2. The number of hydrogen-bond donors (Lipinski definition) is 1. The first-order chi connectivity index (χ1) is 15.8. The number of hydrogen-bond acceptors (Lipinski definition) is 8. The number of allylic oxidation sites excluding steroid dienone is 1. The predicted molar refractivity (Wildman–Crippen MR) is 153 cm³/mol. The number of aromatic hydroxyl groups is 1. The van der Waals surface area contributed by atoms with E-state index in [2.05, 4.69) is 4.74 Å². The highest BCUT2D eigenvalue weighted by molar-refractivity contribution is 7.54. The molecule has 0 heterocycles. The second-order valence-electron chi connectivity index (χ2n) is 6.19. The molecule has 0 spiro atoms. The average Bonchev–Trinajstić information content (AvgIpc) is 2.79. The summed E-state index contributed by atoms with van der Waals surface area (Å²) >= 11 is 5.47. The zero-order valence-corrected chi connectivity index (χ0v) is 20.4. The van der Waals surface area contributed by atoms with Crippen LogP contribution >= 0.6 is 19.2 Å². The van der Waals surface area contributed by atoms with Gasteiger partial charge in [0.1, 0.15) is 23.7 Å². The molecule has 0 aliphatic rings. The van der Waals surface area contributed by atoms with Crippen LogP contribution in [0.4, 0.5) is 0 Å². The lowest BCUT2D eigenvalue weighted by Gasteiger charge is -2.14. The summed E-state index contributed by atoms with van der Waals surface area (Å²) in [5.41, 5.74) is 0.502. The molecule has 0 aliphatic carbocycles. The number of para-hydroxylation sites is 2. The van der Waals surface area contributed by atoms with Crippen LogP contribution < -0.4 is 4.74 Å². The third kappa shape index (κ3) is 15.3. The summed E-state index contributed by atoms with van der Waals surface area (Å²) in [4.78, 5) is 22.1. The van der Waals surface area contributed by atoms with Crippen LogP contribution in [0.15, 0.2) is 60.7 Å².